The van der Waals surface area contributed by atoms with Gasteiger partial charge in [-0.3, -0.25) is 0 Å². The van der Waals surface area contributed by atoms with Crippen LogP contribution < -0.4 is 5.32 Å². The molecule has 0 aliphatic carbocycles. The van der Waals surface area contributed by atoms with E-state index in [1.165, 1.54) is 15.6 Å². The first-order chi connectivity index (χ1) is 7.65. The Hall–Kier alpha value is -0.450. The van der Waals surface area contributed by atoms with Crippen molar-refractivity contribution in [2.24, 2.45) is 5.92 Å². The Morgan fingerprint density at radius 1 is 1.50 bits per heavy atom. The van der Waals surface area contributed by atoms with Gasteiger partial charge < -0.3 is 10.2 Å². The Labute approximate surface area is 102 Å². The Morgan fingerprint density at radius 2 is 2.31 bits per heavy atom. The van der Waals surface area contributed by atoms with Crippen LogP contribution in [0, 0.1) is 5.92 Å². The third-order valence-electron chi connectivity index (χ3n) is 2.80. The van der Waals surface area contributed by atoms with Crippen LogP contribution in [0.5, 0.6) is 0 Å². The molecule has 0 saturated carbocycles. The third kappa shape index (κ3) is 3.03. The van der Waals surface area contributed by atoms with Crippen molar-refractivity contribution < 1.29 is 0 Å². The summed E-state index contributed by atoms with van der Waals surface area (Å²) in [6.07, 6.45) is 1.12. The fraction of sp³-hybridized carbons (Fsp3) is 0.750. The number of rotatable bonds is 4. The minimum Gasteiger partial charge on any atom is -0.310 e. The number of likely N-dealkylation sites (N-methyl/N-ethyl adjacent to an activating group) is 1. The number of aromatic nitrogens is 1. The maximum Gasteiger partial charge on any atom is 0.107 e. The Kier molecular flexibility index (Phi) is 3.95. The molecule has 0 aromatic carbocycles. The molecule has 0 unspecified atom stereocenters. The Balaban J connectivity index is 1.91. The normalized spacial score (nSPS) is 16.8. The summed E-state index contributed by atoms with van der Waals surface area (Å²) in [6.45, 7) is 8.69. The largest absolute Gasteiger partial charge is 0.310 e. The fourth-order valence-electron chi connectivity index (χ4n) is 1.92. The van der Waals surface area contributed by atoms with E-state index in [-0.39, 0.29) is 0 Å². The zero-order chi connectivity index (χ0) is 11.5. The van der Waals surface area contributed by atoms with Gasteiger partial charge in [-0.25, -0.2) is 4.98 Å². The molecule has 0 spiro atoms. The molecular weight excluding hydrogens is 218 g/mol. The first-order valence-electron chi connectivity index (χ1n) is 6.02. The van der Waals surface area contributed by atoms with Crippen molar-refractivity contribution in [3.05, 3.63) is 15.6 Å². The molecule has 2 heterocycles. The quantitative estimate of drug-likeness (QED) is 0.869. The molecule has 1 aromatic rings. The van der Waals surface area contributed by atoms with E-state index in [0.29, 0.717) is 5.92 Å². The lowest BCUT2D eigenvalue weighted by Crippen LogP contribution is -2.25. The van der Waals surface area contributed by atoms with Gasteiger partial charge in [0.1, 0.15) is 5.01 Å². The first-order valence-corrected chi connectivity index (χ1v) is 6.83. The van der Waals surface area contributed by atoms with Crippen molar-refractivity contribution in [2.45, 2.75) is 33.4 Å². The highest BCUT2D eigenvalue weighted by atomic mass is 32.1. The molecule has 16 heavy (non-hydrogen) atoms. The van der Waals surface area contributed by atoms with Gasteiger partial charge in [0.25, 0.3) is 0 Å². The minimum atomic E-state index is 0.709. The molecule has 0 atom stereocenters. The maximum atomic E-state index is 4.71. The van der Waals surface area contributed by atoms with Crippen LogP contribution in [0.1, 0.15) is 29.4 Å². The van der Waals surface area contributed by atoms with Gasteiger partial charge in [-0.1, -0.05) is 13.8 Å². The van der Waals surface area contributed by atoms with Crippen LogP contribution in [0.4, 0.5) is 0 Å². The summed E-state index contributed by atoms with van der Waals surface area (Å²) in [4.78, 5) is 8.55. The molecule has 0 amide bonds. The summed E-state index contributed by atoms with van der Waals surface area (Å²) in [5, 5.41) is 4.71. The summed E-state index contributed by atoms with van der Waals surface area (Å²) < 4.78 is 0. The standard InChI is InChI=1S/C12H21N3S/c1-9(2)6-13-7-12-14-10-4-5-15(3)8-11(10)16-12/h9,13H,4-8H2,1-3H3. The molecule has 0 radical (unpaired) electrons. The van der Waals surface area contributed by atoms with Crippen molar-refractivity contribution in [3.8, 4) is 0 Å². The van der Waals surface area contributed by atoms with Gasteiger partial charge in [0.2, 0.25) is 0 Å². The first kappa shape index (κ1) is 12.0. The molecule has 1 aromatic heterocycles. The second kappa shape index (κ2) is 5.25. The van der Waals surface area contributed by atoms with E-state index in [9.17, 15) is 0 Å². The SMILES string of the molecule is CC(C)CNCc1nc2c(s1)CN(C)CC2. The molecular formula is C12H21N3S. The monoisotopic (exact) mass is 239 g/mol. The van der Waals surface area contributed by atoms with Crippen molar-refractivity contribution in [1.82, 2.24) is 15.2 Å². The molecule has 0 saturated heterocycles. The lowest BCUT2D eigenvalue weighted by atomic mass is 10.2. The van der Waals surface area contributed by atoms with E-state index in [1.54, 1.807) is 0 Å². The number of hydrogen-bond acceptors (Lipinski definition) is 4. The Morgan fingerprint density at radius 3 is 3.06 bits per heavy atom. The van der Waals surface area contributed by atoms with E-state index in [0.717, 1.165) is 32.6 Å². The van der Waals surface area contributed by atoms with Gasteiger partial charge >= 0.3 is 0 Å². The molecule has 0 fully saturated rings. The van der Waals surface area contributed by atoms with Crippen LogP contribution in [-0.2, 0) is 19.5 Å². The highest BCUT2D eigenvalue weighted by molar-refractivity contribution is 7.11. The molecule has 90 valence electrons. The molecule has 0 bridgehead atoms. The maximum absolute atomic E-state index is 4.71. The van der Waals surface area contributed by atoms with Gasteiger partial charge in [-0.2, -0.15) is 0 Å². The van der Waals surface area contributed by atoms with Gasteiger partial charge in [0.05, 0.1) is 5.69 Å². The summed E-state index contributed by atoms with van der Waals surface area (Å²) in [5.41, 5.74) is 1.34. The predicted molar refractivity (Wildman–Crippen MR) is 68.7 cm³/mol. The van der Waals surface area contributed by atoms with Crippen molar-refractivity contribution in [2.75, 3.05) is 20.1 Å². The lowest BCUT2D eigenvalue weighted by Gasteiger charge is -2.20. The smallest absolute Gasteiger partial charge is 0.107 e. The van der Waals surface area contributed by atoms with E-state index in [4.69, 9.17) is 4.98 Å². The van der Waals surface area contributed by atoms with Gasteiger partial charge in [-0.15, -0.1) is 11.3 Å². The highest BCUT2D eigenvalue weighted by Gasteiger charge is 2.17. The average Bonchev–Trinajstić information content (AvgIpc) is 2.58. The third-order valence-corrected chi connectivity index (χ3v) is 3.88. The van der Waals surface area contributed by atoms with Crippen LogP contribution >= 0.6 is 11.3 Å². The summed E-state index contributed by atoms with van der Waals surface area (Å²) >= 11 is 1.88. The summed E-state index contributed by atoms with van der Waals surface area (Å²) in [6, 6.07) is 0. The van der Waals surface area contributed by atoms with Crippen LogP contribution in [-0.4, -0.2) is 30.0 Å². The molecule has 1 aliphatic heterocycles. The molecule has 3 nitrogen and oxygen atoms in total. The minimum absolute atomic E-state index is 0.709. The molecule has 4 heteroatoms. The molecule has 1 N–H and O–H groups in total. The van der Waals surface area contributed by atoms with Gasteiger partial charge in [0.15, 0.2) is 0 Å². The van der Waals surface area contributed by atoms with Crippen LogP contribution in [0.15, 0.2) is 0 Å². The van der Waals surface area contributed by atoms with Crippen molar-refractivity contribution in [3.63, 3.8) is 0 Å². The number of fused-ring (bicyclic) bond motifs is 1. The van der Waals surface area contributed by atoms with E-state index < -0.39 is 0 Å². The van der Waals surface area contributed by atoms with E-state index >= 15 is 0 Å². The van der Waals surface area contributed by atoms with Crippen molar-refractivity contribution >= 4 is 11.3 Å². The van der Waals surface area contributed by atoms with Crippen LogP contribution in [0.25, 0.3) is 0 Å². The number of nitrogens with zero attached hydrogens (tertiary/aromatic N) is 2. The van der Waals surface area contributed by atoms with Crippen LogP contribution in [0.2, 0.25) is 0 Å². The zero-order valence-electron chi connectivity index (χ0n) is 10.4. The van der Waals surface area contributed by atoms with E-state index in [1.807, 2.05) is 11.3 Å². The highest BCUT2D eigenvalue weighted by Crippen LogP contribution is 2.24. The second-order valence-electron chi connectivity index (χ2n) is 4.99. The number of thiazole rings is 1. The molecule has 2 rings (SSSR count). The summed E-state index contributed by atoms with van der Waals surface area (Å²) in [5.74, 6) is 0.709. The second-order valence-corrected chi connectivity index (χ2v) is 6.16. The predicted octanol–water partition coefficient (Wildman–Crippen LogP) is 1.88. The number of hydrogen-bond donors (Lipinski definition) is 1. The fourth-order valence-corrected chi connectivity index (χ4v) is 3.08. The van der Waals surface area contributed by atoms with Crippen LogP contribution in [0.3, 0.4) is 0 Å². The topological polar surface area (TPSA) is 28.2 Å². The van der Waals surface area contributed by atoms with Gasteiger partial charge in [0, 0.05) is 30.9 Å². The van der Waals surface area contributed by atoms with E-state index in [2.05, 4.69) is 31.1 Å². The lowest BCUT2D eigenvalue weighted by molar-refractivity contribution is 0.314. The summed E-state index contributed by atoms with van der Waals surface area (Å²) in [7, 11) is 2.18. The zero-order valence-corrected chi connectivity index (χ0v) is 11.2. The average molecular weight is 239 g/mol. The van der Waals surface area contributed by atoms with Crippen molar-refractivity contribution in [1.29, 1.82) is 0 Å². The molecule has 1 aliphatic rings. The Bertz CT molecular complexity index is 346. The van der Waals surface area contributed by atoms with Gasteiger partial charge in [-0.05, 0) is 19.5 Å². The number of nitrogens with one attached hydrogen (secondary N) is 1.